The largest absolute Gasteiger partial charge is 0.478 e. The van der Waals surface area contributed by atoms with Crippen molar-refractivity contribution in [3.05, 3.63) is 41.9 Å². The number of aryl methyl sites for hydroxylation is 2. The first kappa shape index (κ1) is 14.1. The number of carboxylic acids is 1. The molecule has 0 fully saturated rings. The molecule has 0 bridgehead atoms. The molecule has 0 amide bonds. The lowest BCUT2D eigenvalue weighted by molar-refractivity contribution is 0.0696. The molecule has 0 saturated heterocycles. The fourth-order valence-corrected chi connectivity index (χ4v) is 2.68. The Morgan fingerprint density at radius 2 is 2.10 bits per heavy atom. The standard InChI is InChI=1S/C12H13N3O4S/c1-8-3-4-9(5-10(8)12(16)17)14-20(18,19)11-6-15(2)7-13-11/h3-7,14H,1-2H3,(H,16,17). The van der Waals surface area contributed by atoms with Crippen LogP contribution in [0.4, 0.5) is 5.69 Å². The summed E-state index contributed by atoms with van der Waals surface area (Å²) in [4.78, 5) is 14.8. The molecule has 0 radical (unpaired) electrons. The lowest BCUT2D eigenvalue weighted by Gasteiger charge is -2.08. The summed E-state index contributed by atoms with van der Waals surface area (Å²) in [5.74, 6) is -1.11. The highest BCUT2D eigenvalue weighted by Crippen LogP contribution is 2.18. The minimum Gasteiger partial charge on any atom is -0.478 e. The minimum atomic E-state index is -3.82. The van der Waals surface area contributed by atoms with Crippen molar-refractivity contribution in [2.24, 2.45) is 7.05 Å². The van der Waals surface area contributed by atoms with Gasteiger partial charge in [0, 0.05) is 18.9 Å². The summed E-state index contributed by atoms with van der Waals surface area (Å²) in [6, 6.07) is 4.32. The molecule has 20 heavy (non-hydrogen) atoms. The lowest BCUT2D eigenvalue weighted by atomic mass is 10.1. The van der Waals surface area contributed by atoms with E-state index in [0.717, 1.165) is 0 Å². The summed E-state index contributed by atoms with van der Waals surface area (Å²) >= 11 is 0. The van der Waals surface area contributed by atoms with Gasteiger partial charge in [0.2, 0.25) is 0 Å². The Morgan fingerprint density at radius 1 is 1.40 bits per heavy atom. The molecule has 106 valence electrons. The summed E-state index contributed by atoms with van der Waals surface area (Å²) in [5, 5.41) is 8.89. The first-order chi connectivity index (χ1) is 9.29. The van der Waals surface area contributed by atoms with Crippen LogP contribution in [0.1, 0.15) is 15.9 Å². The number of aromatic nitrogens is 2. The van der Waals surface area contributed by atoms with Gasteiger partial charge in [0.1, 0.15) is 0 Å². The van der Waals surface area contributed by atoms with E-state index in [4.69, 9.17) is 5.11 Å². The Labute approximate surface area is 115 Å². The fourth-order valence-electron chi connectivity index (χ4n) is 1.65. The highest BCUT2D eigenvalue weighted by Gasteiger charge is 2.18. The Morgan fingerprint density at radius 3 is 2.65 bits per heavy atom. The molecule has 0 aliphatic heterocycles. The van der Waals surface area contributed by atoms with E-state index in [9.17, 15) is 13.2 Å². The zero-order valence-electron chi connectivity index (χ0n) is 10.9. The Hall–Kier alpha value is -2.35. The molecule has 2 aromatic rings. The monoisotopic (exact) mass is 295 g/mol. The summed E-state index contributed by atoms with van der Waals surface area (Å²) in [5.41, 5.74) is 0.781. The van der Waals surface area contributed by atoms with E-state index in [1.807, 2.05) is 0 Å². The van der Waals surface area contributed by atoms with E-state index in [1.54, 1.807) is 20.0 Å². The number of imidazole rings is 1. The van der Waals surface area contributed by atoms with Gasteiger partial charge in [-0.15, -0.1) is 0 Å². The van der Waals surface area contributed by atoms with Crippen LogP contribution >= 0.6 is 0 Å². The number of nitrogens with one attached hydrogen (secondary N) is 1. The van der Waals surface area contributed by atoms with E-state index in [0.29, 0.717) is 5.56 Å². The molecule has 2 N–H and O–H groups in total. The van der Waals surface area contributed by atoms with Crippen LogP contribution in [0.2, 0.25) is 0 Å². The second-order valence-corrected chi connectivity index (χ2v) is 5.95. The molecule has 7 nitrogen and oxygen atoms in total. The van der Waals surface area contributed by atoms with Gasteiger partial charge in [0.25, 0.3) is 10.0 Å². The molecule has 1 heterocycles. The summed E-state index contributed by atoms with van der Waals surface area (Å²) < 4.78 is 27.9. The smallest absolute Gasteiger partial charge is 0.336 e. The quantitative estimate of drug-likeness (QED) is 0.883. The van der Waals surface area contributed by atoms with Crippen molar-refractivity contribution < 1.29 is 18.3 Å². The third kappa shape index (κ3) is 2.80. The van der Waals surface area contributed by atoms with Crippen molar-refractivity contribution in [2.75, 3.05) is 4.72 Å². The number of nitrogens with zero attached hydrogens (tertiary/aromatic N) is 2. The first-order valence-corrected chi connectivity index (χ1v) is 7.12. The highest BCUT2D eigenvalue weighted by atomic mass is 32.2. The third-order valence-electron chi connectivity index (χ3n) is 2.68. The average molecular weight is 295 g/mol. The number of hydrogen-bond acceptors (Lipinski definition) is 4. The van der Waals surface area contributed by atoms with Crippen molar-refractivity contribution in [3.63, 3.8) is 0 Å². The van der Waals surface area contributed by atoms with Gasteiger partial charge in [-0.3, -0.25) is 4.72 Å². The highest BCUT2D eigenvalue weighted by molar-refractivity contribution is 7.92. The zero-order chi connectivity index (χ0) is 14.9. The maximum absolute atomic E-state index is 12.0. The van der Waals surface area contributed by atoms with E-state index in [2.05, 4.69) is 9.71 Å². The first-order valence-electron chi connectivity index (χ1n) is 5.64. The van der Waals surface area contributed by atoms with Gasteiger partial charge < -0.3 is 9.67 Å². The van der Waals surface area contributed by atoms with Crippen LogP contribution < -0.4 is 4.72 Å². The van der Waals surface area contributed by atoms with Gasteiger partial charge in [0.15, 0.2) is 5.03 Å². The zero-order valence-corrected chi connectivity index (χ0v) is 11.7. The van der Waals surface area contributed by atoms with Gasteiger partial charge in [-0.25, -0.2) is 9.78 Å². The van der Waals surface area contributed by atoms with Crippen LogP contribution in [0.25, 0.3) is 0 Å². The van der Waals surface area contributed by atoms with Crippen LogP contribution in [0.3, 0.4) is 0 Å². The number of aromatic carboxylic acids is 1. The number of sulfonamides is 1. The van der Waals surface area contributed by atoms with Gasteiger partial charge in [-0.1, -0.05) is 6.07 Å². The summed E-state index contributed by atoms with van der Waals surface area (Å²) in [7, 11) is -2.17. The van der Waals surface area contributed by atoms with E-state index >= 15 is 0 Å². The second-order valence-electron chi connectivity index (χ2n) is 4.32. The topological polar surface area (TPSA) is 101 Å². The molecule has 0 atom stereocenters. The number of benzene rings is 1. The maximum Gasteiger partial charge on any atom is 0.336 e. The predicted molar refractivity (Wildman–Crippen MR) is 72.2 cm³/mol. The van der Waals surface area contributed by atoms with Crippen LogP contribution in [0, 0.1) is 6.92 Å². The Balaban J connectivity index is 2.35. The van der Waals surface area contributed by atoms with Crippen LogP contribution in [-0.4, -0.2) is 29.0 Å². The van der Waals surface area contributed by atoms with Crippen LogP contribution in [-0.2, 0) is 17.1 Å². The molecule has 1 aromatic heterocycles. The second kappa shape index (κ2) is 4.97. The molecule has 0 unspecified atom stereocenters. The van der Waals surface area contributed by atoms with E-state index in [1.165, 1.54) is 29.2 Å². The van der Waals surface area contributed by atoms with Crippen molar-refractivity contribution >= 4 is 21.7 Å². The predicted octanol–water partition coefficient (Wildman–Crippen LogP) is 1.23. The number of rotatable bonds is 4. The summed E-state index contributed by atoms with van der Waals surface area (Å²) in [6.07, 6.45) is 2.72. The molecular formula is C12H13N3O4S. The SMILES string of the molecule is Cc1ccc(NS(=O)(=O)c2cn(C)cn2)cc1C(=O)O. The van der Waals surface area contributed by atoms with Crippen LogP contribution in [0.15, 0.2) is 35.7 Å². The van der Waals surface area contributed by atoms with Crippen molar-refractivity contribution in [2.45, 2.75) is 11.9 Å². The molecule has 1 aromatic carbocycles. The van der Waals surface area contributed by atoms with Crippen molar-refractivity contribution in [1.29, 1.82) is 0 Å². The minimum absolute atomic E-state index is 0.0474. The van der Waals surface area contributed by atoms with E-state index in [-0.39, 0.29) is 16.3 Å². The Bertz CT molecular complexity index is 765. The molecular weight excluding hydrogens is 282 g/mol. The van der Waals surface area contributed by atoms with Gasteiger partial charge in [-0.2, -0.15) is 8.42 Å². The van der Waals surface area contributed by atoms with Crippen LogP contribution in [0.5, 0.6) is 0 Å². The molecule has 0 aliphatic rings. The Kier molecular flexibility index (Phi) is 3.49. The molecule has 0 spiro atoms. The molecule has 8 heteroatoms. The number of carboxylic acid groups (broad SMARTS) is 1. The third-order valence-corrected chi connectivity index (χ3v) is 3.94. The number of carbonyl (C=O) groups is 1. The van der Waals surface area contributed by atoms with Gasteiger partial charge >= 0.3 is 5.97 Å². The average Bonchev–Trinajstić information content (AvgIpc) is 2.78. The maximum atomic E-state index is 12.0. The van der Waals surface area contributed by atoms with Gasteiger partial charge in [0.05, 0.1) is 11.9 Å². The summed E-state index contributed by atoms with van der Waals surface area (Å²) in [6.45, 7) is 1.64. The normalized spacial score (nSPS) is 11.3. The number of hydrogen-bond donors (Lipinski definition) is 2. The van der Waals surface area contributed by atoms with E-state index < -0.39 is 16.0 Å². The lowest BCUT2D eigenvalue weighted by Crippen LogP contribution is -2.14. The van der Waals surface area contributed by atoms with Crippen molar-refractivity contribution in [3.8, 4) is 0 Å². The van der Waals surface area contributed by atoms with Crippen molar-refractivity contribution in [1.82, 2.24) is 9.55 Å². The molecule has 0 aliphatic carbocycles. The molecule has 0 saturated carbocycles. The van der Waals surface area contributed by atoms with Gasteiger partial charge in [-0.05, 0) is 24.6 Å². The molecule has 2 rings (SSSR count). The fraction of sp³-hybridized carbons (Fsp3) is 0.167. The number of anilines is 1.